The summed E-state index contributed by atoms with van der Waals surface area (Å²) in [6, 6.07) is 1.79. The van der Waals surface area contributed by atoms with Gasteiger partial charge in [-0.1, -0.05) is 13.8 Å². The molecule has 0 spiro atoms. The minimum absolute atomic E-state index is 0.106. The zero-order valence-electron chi connectivity index (χ0n) is 13.2. The molecule has 0 aromatic carbocycles. The highest BCUT2D eigenvalue weighted by Gasteiger charge is 2.23. The molecule has 5 heteroatoms. The fourth-order valence-electron chi connectivity index (χ4n) is 2.85. The number of nitrogens with two attached hydrogens (primary N) is 1. The Kier molecular flexibility index (Phi) is 5.82. The minimum atomic E-state index is 0.106. The Morgan fingerprint density at radius 3 is 2.90 bits per heavy atom. The third-order valence-corrected chi connectivity index (χ3v) is 4.14. The molecule has 0 saturated carbocycles. The van der Waals surface area contributed by atoms with Crippen molar-refractivity contribution in [3.05, 3.63) is 23.7 Å². The Bertz CT molecular complexity index is 458. The molecular formula is C16H27N3O2. The van der Waals surface area contributed by atoms with Gasteiger partial charge in [0.1, 0.15) is 5.76 Å². The topological polar surface area (TPSA) is 62.7 Å². The van der Waals surface area contributed by atoms with E-state index in [2.05, 4.69) is 11.8 Å². The molecule has 1 fully saturated rings. The first-order valence-electron chi connectivity index (χ1n) is 7.93. The maximum atomic E-state index is 12.6. The highest BCUT2D eigenvalue weighted by atomic mass is 16.3. The molecule has 1 amide bonds. The fraction of sp³-hybridized carbons (Fsp3) is 0.688. The van der Waals surface area contributed by atoms with Crippen LogP contribution in [0.15, 0.2) is 16.7 Å². The van der Waals surface area contributed by atoms with E-state index in [1.807, 2.05) is 11.8 Å². The van der Waals surface area contributed by atoms with E-state index in [0.29, 0.717) is 12.5 Å². The third kappa shape index (κ3) is 4.08. The number of furan rings is 1. The molecular weight excluding hydrogens is 266 g/mol. The molecule has 2 N–H and O–H groups in total. The van der Waals surface area contributed by atoms with Crippen molar-refractivity contribution in [2.45, 2.75) is 26.7 Å². The van der Waals surface area contributed by atoms with Crippen molar-refractivity contribution in [1.29, 1.82) is 0 Å². The molecule has 1 aromatic rings. The van der Waals surface area contributed by atoms with Crippen LogP contribution in [0.25, 0.3) is 0 Å². The van der Waals surface area contributed by atoms with Crippen LogP contribution in [0, 0.1) is 5.92 Å². The summed E-state index contributed by atoms with van der Waals surface area (Å²) in [6.07, 6.45) is 3.38. The van der Waals surface area contributed by atoms with E-state index in [9.17, 15) is 4.79 Å². The van der Waals surface area contributed by atoms with Crippen molar-refractivity contribution in [3.63, 3.8) is 0 Å². The van der Waals surface area contributed by atoms with Crippen molar-refractivity contribution in [1.82, 2.24) is 9.80 Å². The van der Waals surface area contributed by atoms with Crippen LogP contribution >= 0.6 is 0 Å². The van der Waals surface area contributed by atoms with Crippen LogP contribution in [0.2, 0.25) is 0 Å². The van der Waals surface area contributed by atoms with Gasteiger partial charge in [0, 0.05) is 32.6 Å². The Balaban J connectivity index is 1.95. The first-order valence-corrected chi connectivity index (χ1v) is 7.93. The SMILES string of the molecule is CCc1occc1C(=O)N1CCCN(CC(C)CN)CC1. The van der Waals surface area contributed by atoms with E-state index in [1.54, 1.807) is 12.3 Å². The summed E-state index contributed by atoms with van der Waals surface area (Å²) in [6.45, 7) is 9.49. The van der Waals surface area contributed by atoms with Gasteiger partial charge in [-0.15, -0.1) is 0 Å². The van der Waals surface area contributed by atoms with E-state index in [-0.39, 0.29) is 5.91 Å². The number of nitrogens with zero attached hydrogens (tertiary/aromatic N) is 2. The van der Waals surface area contributed by atoms with Gasteiger partial charge in [-0.3, -0.25) is 4.79 Å². The lowest BCUT2D eigenvalue weighted by Gasteiger charge is -2.24. The molecule has 1 aliphatic heterocycles. The zero-order chi connectivity index (χ0) is 15.2. The largest absolute Gasteiger partial charge is 0.469 e. The smallest absolute Gasteiger partial charge is 0.257 e. The maximum absolute atomic E-state index is 12.6. The number of hydrogen-bond donors (Lipinski definition) is 1. The quantitative estimate of drug-likeness (QED) is 0.895. The van der Waals surface area contributed by atoms with E-state index in [1.165, 1.54) is 0 Å². The van der Waals surface area contributed by atoms with Crippen LogP contribution in [-0.2, 0) is 6.42 Å². The molecule has 0 aliphatic carbocycles. The Morgan fingerprint density at radius 1 is 1.38 bits per heavy atom. The highest BCUT2D eigenvalue weighted by molar-refractivity contribution is 5.95. The van der Waals surface area contributed by atoms with Crippen molar-refractivity contribution < 1.29 is 9.21 Å². The first kappa shape index (κ1) is 16.0. The van der Waals surface area contributed by atoms with Crippen molar-refractivity contribution in [3.8, 4) is 0 Å². The lowest BCUT2D eigenvalue weighted by atomic mass is 10.1. The van der Waals surface area contributed by atoms with Gasteiger partial charge < -0.3 is 20.0 Å². The lowest BCUT2D eigenvalue weighted by Crippen LogP contribution is -2.37. The molecule has 5 nitrogen and oxygen atoms in total. The molecule has 118 valence electrons. The standard InChI is InChI=1S/C16H27N3O2/c1-3-15-14(5-10-21-15)16(20)19-7-4-6-18(8-9-19)12-13(2)11-17/h5,10,13H,3-4,6-9,11-12,17H2,1-2H3. The minimum Gasteiger partial charge on any atom is -0.469 e. The second kappa shape index (κ2) is 7.61. The summed E-state index contributed by atoms with van der Waals surface area (Å²) in [7, 11) is 0. The summed E-state index contributed by atoms with van der Waals surface area (Å²) >= 11 is 0. The number of carbonyl (C=O) groups excluding carboxylic acids is 1. The van der Waals surface area contributed by atoms with Crippen molar-refractivity contribution in [2.24, 2.45) is 11.7 Å². The number of carbonyl (C=O) groups is 1. The van der Waals surface area contributed by atoms with Crippen LogP contribution in [-0.4, -0.2) is 55.0 Å². The van der Waals surface area contributed by atoms with Crippen LogP contribution in [0.3, 0.4) is 0 Å². The molecule has 2 rings (SSSR count). The summed E-state index contributed by atoms with van der Waals surface area (Å²) in [5.41, 5.74) is 6.42. The Morgan fingerprint density at radius 2 is 2.19 bits per heavy atom. The highest BCUT2D eigenvalue weighted by Crippen LogP contribution is 2.16. The van der Waals surface area contributed by atoms with Gasteiger partial charge in [-0.2, -0.15) is 0 Å². The normalized spacial score (nSPS) is 18.5. The summed E-state index contributed by atoms with van der Waals surface area (Å²) in [5, 5.41) is 0. The van der Waals surface area contributed by atoms with E-state index < -0.39 is 0 Å². The maximum Gasteiger partial charge on any atom is 0.257 e. The molecule has 1 atom stereocenters. The average Bonchev–Trinajstić information content (AvgIpc) is 2.86. The van der Waals surface area contributed by atoms with Gasteiger partial charge in [0.25, 0.3) is 5.91 Å². The summed E-state index contributed by atoms with van der Waals surface area (Å²) in [4.78, 5) is 17.0. The number of aryl methyl sites for hydroxylation is 1. The first-order chi connectivity index (χ1) is 10.2. The second-order valence-corrected chi connectivity index (χ2v) is 5.90. The van der Waals surface area contributed by atoms with Crippen LogP contribution < -0.4 is 5.73 Å². The van der Waals surface area contributed by atoms with E-state index >= 15 is 0 Å². The van der Waals surface area contributed by atoms with Gasteiger partial charge in [-0.25, -0.2) is 0 Å². The number of hydrogen-bond acceptors (Lipinski definition) is 4. The molecule has 1 unspecified atom stereocenters. The zero-order valence-corrected chi connectivity index (χ0v) is 13.2. The monoisotopic (exact) mass is 293 g/mol. The Labute approximate surface area is 127 Å². The van der Waals surface area contributed by atoms with Crippen molar-refractivity contribution >= 4 is 5.91 Å². The van der Waals surface area contributed by atoms with Crippen LogP contribution in [0.5, 0.6) is 0 Å². The molecule has 1 aromatic heterocycles. The summed E-state index contributed by atoms with van der Waals surface area (Å²) < 4.78 is 5.37. The predicted octanol–water partition coefficient (Wildman–Crippen LogP) is 1.58. The van der Waals surface area contributed by atoms with Crippen LogP contribution in [0.1, 0.15) is 36.4 Å². The van der Waals surface area contributed by atoms with E-state index in [4.69, 9.17) is 10.2 Å². The van der Waals surface area contributed by atoms with Gasteiger partial charge >= 0.3 is 0 Å². The predicted molar refractivity (Wildman–Crippen MR) is 83.3 cm³/mol. The molecule has 0 radical (unpaired) electrons. The van der Waals surface area contributed by atoms with Crippen molar-refractivity contribution in [2.75, 3.05) is 39.3 Å². The summed E-state index contributed by atoms with van der Waals surface area (Å²) in [5.74, 6) is 1.40. The van der Waals surface area contributed by atoms with Gasteiger partial charge in [-0.05, 0) is 31.5 Å². The second-order valence-electron chi connectivity index (χ2n) is 5.90. The van der Waals surface area contributed by atoms with Gasteiger partial charge in [0.05, 0.1) is 11.8 Å². The molecule has 1 saturated heterocycles. The van der Waals surface area contributed by atoms with Gasteiger partial charge in [0.2, 0.25) is 0 Å². The molecule has 2 heterocycles. The molecule has 21 heavy (non-hydrogen) atoms. The van der Waals surface area contributed by atoms with E-state index in [0.717, 1.165) is 56.9 Å². The average molecular weight is 293 g/mol. The van der Waals surface area contributed by atoms with Crippen LogP contribution in [0.4, 0.5) is 0 Å². The lowest BCUT2D eigenvalue weighted by molar-refractivity contribution is 0.0758. The molecule has 1 aliphatic rings. The Hall–Kier alpha value is -1.33. The fourth-order valence-corrected chi connectivity index (χ4v) is 2.85. The molecule has 0 bridgehead atoms. The number of rotatable bonds is 5. The third-order valence-electron chi connectivity index (χ3n) is 4.14. The number of amides is 1. The van der Waals surface area contributed by atoms with Gasteiger partial charge in [0.15, 0.2) is 0 Å².